The molecule has 0 unspecified atom stereocenters. The van der Waals surface area contributed by atoms with Gasteiger partial charge in [0.15, 0.2) is 0 Å². The molecular weight excluding hydrogens is 426 g/mol. The number of nitrogens with zero attached hydrogens (tertiary/aromatic N) is 3. The van der Waals surface area contributed by atoms with Crippen molar-refractivity contribution in [1.82, 2.24) is 14.9 Å². The highest BCUT2D eigenvalue weighted by Gasteiger charge is 2.25. The van der Waals surface area contributed by atoms with Gasteiger partial charge in [-0.25, -0.2) is 9.37 Å². The number of aromatic nitrogens is 2. The highest BCUT2D eigenvalue weighted by atomic mass is 35.5. The lowest BCUT2D eigenvalue weighted by atomic mass is 10.00. The molecule has 2 aromatic carbocycles. The van der Waals surface area contributed by atoms with Crippen molar-refractivity contribution in [3.8, 4) is 5.69 Å². The molecule has 0 aliphatic carbocycles. The molecular formula is C22H21Cl2FN4O. The largest absolute Gasteiger partial charge is 0.390 e. The van der Waals surface area contributed by atoms with Gasteiger partial charge in [0, 0.05) is 29.2 Å². The van der Waals surface area contributed by atoms with E-state index in [4.69, 9.17) is 11.6 Å². The van der Waals surface area contributed by atoms with Crippen molar-refractivity contribution in [1.29, 1.82) is 0 Å². The lowest BCUT2D eigenvalue weighted by Crippen LogP contribution is -2.18. The van der Waals surface area contributed by atoms with Gasteiger partial charge in [0.2, 0.25) is 0 Å². The third kappa shape index (κ3) is 4.04. The Labute approximate surface area is 185 Å². The van der Waals surface area contributed by atoms with Gasteiger partial charge in [-0.2, -0.15) is 0 Å². The summed E-state index contributed by atoms with van der Waals surface area (Å²) in [5.74, 6) is 0.333. The summed E-state index contributed by atoms with van der Waals surface area (Å²) in [6, 6.07) is 12.0. The van der Waals surface area contributed by atoms with Crippen LogP contribution in [0.3, 0.4) is 0 Å². The van der Waals surface area contributed by atoms with Crippen molar-refractivity contribution in [2.24, 2.45) is 4.99 Å². The second-order valence-electron chi connectivity index (χ2n) is 6.64. The van der Waals surface area contributed by atoms with Crippen LogP contribution in [0.1, 0.15) is 28.3 Å². The van der Waals surface area contributed by atoms with Gasteiger partial charge in [0.25, 0.3) is 0 Å². The first-order valence-corrected chi connectivity index (χ1v) is 9.63. The summed E-state index contributed by atoms with van der Waals surface area (Å²) >= 11 is 6.29. The number of fused-ring (bicyclic) bond motifs is 3. The van der Waals surface area contributed by atoms with E-state index in [1.807, 2.05) is 10.6 Å². The highest BCUT2D eigenvalue weighted by Crippen LogP contribution is 2.30. The van der Waals surface area contributed by atoms with Crippen molar-refractivity contribution in [3.63, 3.8) is 0 Å². The topological polar surface area (TPSA) is 62.4 Å². The van der Waals surface area contributed by atoms with Gasteiger partial charge in [0.05, 0.1) is 35.9 Å². The lowest BCUT2D eigenvalue weighted by Gasteiger charge is -2.16. The first kappa shape index (κ1) is 22.2. The molecule has 0 spiro atoms. The number of nitrogens with one attached hydrogen (secondary N) is 1. The van der Waals surface area contributed by atoms with Crippen LogP contribution in [0, 0.1) is 5.82 Å². The van der Waals surface area contributed by atoms with Crippen LogP contribution in [0.4, 0.5) is 4.39 Å². The Balaban J connectivity index is 0.00000256. The predicted octanol–water partition coefficient (Wildman–Crippen LogP) is 4.21. The van der Waals surface area contributed by atoms with E-state index in [0.717, 1.165) is 11.4 Å². The summed E-state index contributed by atoms with van der Waals surface area (Å²) in [7, 11) is 0. The number of halogens is 3. The molecule has 0 atom stereocenters. The molecule has 1 aromatic heterocycles. The van der Waals surface area contributed by atoms with E-state index in [-0.39, 0.29) is 31.4 Å². The van der Waals surface area contributed by atoms with Gasteiger partial charge >= 0.3 is 0 Å². The Hall–Kier alpha value is -2.51. The van der Waals surface area contributed by atoms with E-state index in [1.54, 1.807) is 36.4 Å². The third-order valence-corrected chi connectivity index (χ3v) is 5.05. The molecule has 0 radical (unpaired) electrons. The van der Waals surface area contributed by atoms with Crippen molar-refractivity contribution >= 4 is 29.7 Å². The maximum absolute atomic E-state index is 14.6. The molecule has 0 amide bonds. The Kier molecular flexibility index (Phi) is 7.05. The number of hydrogen-bond acceptors (Lipinski definition) is 4. The molecule has 0 saturated heterocycles. The fourth-order valence-corrected chi connectivity index (χ4v) is 3.73. The predicted molar refractivity (Wildman–Crippen MR) is 119 cm³/mol. The molecule has 2 N–H and O–H groups in total. The van der Waals surface area contributed by atoms with E-state index >= 15 is 0 Å². The molecule has 156 valence electrons. The maximum Gasteiger partial charge on any atom is 0.135 e. The molecule has 30 heavy (non-hydrogen) atoms. The number of benzene rings is 2. The minimum atomic E-state index is -0.347. The first-order chi connectivity index (χ1) is 14.1. The van der Waals surface area contributed by atoms with Crippen molar-refractivity contribution < 1.29 is 9.50 Å². The quantitative estimate of drug-likeness (QED) is 0.440. The van der Waals surface area contributed by atoms with Gasteiger partial charge in [0.1, 0.15) is 11.6 Å². The van der Waals surface area contributed by atoms with Crippen LogP contribution in [0.25, 0.3) is 5.69 Å². The Morgan fingerprint density at radius 3 is 2.77 bits per heavy atom. The van der Waals surface area contributed by atoms with E-state index in [0.29, 0.717) is 46.5 Å². The Bertz CT molecular complexity index is 1110. The minimum Gasteiger partial charge on any atom is -0.390 e. The minimum absolute atomic E-state index is 0. The smallest absolute Gasteiger partial charge is 0.135 e. The number of hydrogen-bond donors (Lipinski definition) is 2. The molecule has 1 aliphatic heterocycles. The SMILES string of the molecule is C=CCNCc1c(CO)nc2n1-c1ccc(Cl)cc1C(c1ccccc1F)=NC2.Cl. The van der Waals surface area contributed by atoms with Crippen molar-refractivity contribution in [3.05, 3.63) is 94.3 Å². The summed E-state index contributed by atoms with van der Waals surface area (Å²) in [5, 5.41) is 13.6. The lowest BCUT2D eigenvalue weighted by molar-refractivity contribution is 0.275. The van der Waals surface area contributed by atoms with Gasteiger partial charge in [-0.15, -0.1) is 19.0 Å². The summed E-state index contributed by atoms with van der Waals surface area (Å²) in [5.41, 5.74) is 3.87. The summed E-state index contributed by atoms with van der Waals surface area (Å²) in [4.78, 5) is 9.27. The van der Waals surface area contributed by atoms with E-state index in [9.17, 15) is 9.50 Å². The van der Waals surface area contributed by atoms with Crippen LogP contribution in [0.15, 0.2) is 60.1 Å². The maximum atomic E-state index is 14.6. The zero-order chi connectivity index (χ0) is 20.4. The molecule has 0 bridgehead atoms. The van der Waals surface area contributed by atoms with E-state index in [1.165, 1.54) is 6.07 Å². The fourth-order valence-electron chi connectivity index (χ4n) is 3.56. The molecule has 3 aromatic rings. The second-order valence-corrected chi connectivity index (χ2v) is 7.08. The monoisotopic (exact) mass is 446 g/mol. The van der Waals surface area contributed by atoms with Crippen molar-refractivity contribution in [2.45, 2.75) is 19.7 Å². The van der Waals surface area contributed by atoms with Crippen LogP contribution in [0.2, 0.25) is 5.02 Å². The number of aliphatic hydroxyl groups excluding tert-OH is 1. The summed E-state index contributed by atoms with van der Waals surface area (Å²) < 4.78 is 16.5. The molecule has 1 aliphatic rings. The zero-order valence-electron chi connectivity index (χ0n) is 16.1. The number of aliphatic hydroxyl groups is 1. The van der Waals surface area contributed by atoms with Gasteiger partial charge in [-0.05, 0) is 30.3 Å². The molecule has 0 saturated carbocycles. The average molecular weight is 447 g/mol. The molecule has 4 rings (SSSR count). The van der Waals surface area contributed by atoms with E-state index in [2.05, 4.69) is 21.9 Å². The summed E-state index contributed by atoms with van der Waals surface area (Å²) in [6.07, 6.45) is 1.77. The highest BCUT2D eigenvalue weighted by molar-refractivity contribution is 6.31. The van der Waals surface area contributed by atoms with Crippen molar-refractivity contribution in [2.75, 3.05) is 6.54 Å². The van der Waals surface area contributed by atoms with Crippen LogP contribution in [-0.2, 0) is 19.7 Å². The Morgan fingerprint density at radius 1 is 1.23 bits per heavy atom. The molecule has 5 nitrogen and oxygen atoms in total. The Morgan fingerprint density at radius 2 is 2.03 bits per heavy atom. The molecule has 2 heterocycles. The summed E-state index contributed by atoms with van der Waals surface area (Å²) in [6.45, 7) is 4.90. The van der Waals surface area contributed by atoms with Crippen LogP contribution < -0.4 is 5.32 Å². The zero-order valence-corrected chi connectivity index (χ0v) is 17.7. The van der Waals surface area contributed by atoms with Gasteiger partial charge in [-0.1, -0.05) is 29.8 Å². The second kappa shape index (κ2) is 9.53. The normalized spacial score (nSPS) is 12.3. The molecule has 0 fully saturated rings. The number of aliphatic imine (C=N–C) groups is 1. The van der Waals surface area contributed by atoms with Gasteiger partial charge < -0.3 is 10.4 Å². The van der Waals surface area contributed by atoms with Crippen LogP contribution in [-0.4, -0.2) is 26.9 Å². The standard InChI is InChI=1S/C22H20ClFN4O.ClH/c1-2-9-25-11-20-18(13-29)27-21-12-26-22(15-5-3-4-6-17(15)24)16-10-14(23)7-8-19(16)28(20)21;/h2-8,10,25,29H,1,9,11-13H2;1H. The van der Waals surface area contributed by atoms with Crippen LogP contribution >= 0.6 is 24.0 Å². The fraction of sp³-hybridized carbons (Fsp3) is 0.182. The van der Waals surface area contributed by atoms with E-state index < -0.39 is 0 Å². The average Bonchev–Trinajstić information content (AvgIpc) is 2.99. The van der Waals surface area contributed by atoms with Gasteiger partial charge in [-0.3, -0.25) is 9.56 Å². The number of imidazole rings is 1. The van der Waals surface area contributed by atoms with Crippen LogP contribution in [0.5, 0.6) is 0 Å². The third-order valence-electron chi connectivity index (χ3n) is 4.82. The molecule has 8 heteroatoms. The first-order valence-electron chi connectivity index (χ1n) is 9.25. The number of rotatable bonds is 6.